The molecular formula is C27H32ClF3N4O3. The Labute approximate surface area is 224 Å². The van der Waals surface area contributed by atoms with Crippen molar-refractivity contribution in [2.75, 3.05) is 30.0 Å². The molecule has 7 nitrogen and oxygen atoms in total. The second-order valence-corrected chi connectivity index (χ2v) is 11.5. The molecule has 6 rings (SSSR count). The van der Waals surface area contributed by atoms with E-state index in [0.29, 0.717) is 29.5 Å². The van der Waals surface area contributed by atoms with E-state index in [1.807, 2.05) is 0 Å². The van der Waals surface area contributed by atoms with Gasteiger partial charge in [-0.3, -0.25) is 4.79 Å². The summed E-state index contributed by atoms with van der Waals surface area (Å²) in [5.41, 5.74) is 1.20. The van der Waals surface area contributed by atoms with Gasteiger partial charge in [0.1, 0.15) is 10.8 Å². The maximum atomic E-state index is 13.1. The maximum absolute atomic E-state index is 13.1. The zero-order valence-corrected chi connectivity index (χ0v) is 21.8. The molecule has 0 spiro atoms. The van der Waals surface area contributed by atoms with Gasteiger partial charge in [-0.1, -0.05) is 11.6 Å². The highest BCUT2D eigenvalue weighted by Crippen LogP contribution is 2.47. The summed E-state index contributed by atoms with van der Waals surface area (Å²) >= 11 is 6.49. The number of hydrogen-bond acceptors (Lipinski definition) is 6. The Morgan fingerprint density at radius 1 is 1.08 bits per heavy atom. The maximum Gasteiger partial charge on any atom is 0.573 e. The van der Waals surface area contributed by atoms with Crippen LogP contribution in [0.25, 0.3) is 0 Å². The Hall–Kier alpha value is -2.46. The summed E-state index contributed by atoms with van der Waals surface area (Å²) in [5, 5.41) is 7.97. The topological polar surface area (TPSA) is 68.6 Å². The number of rotatable bonds is 8. The van der Waals surface area contributed by atoms with Gasteiger partial charge in [-0.2, -0.15) is 5.10 Å². The third-order valence-electron chi connectivity index (χ3n) is 8.46. The summed E-state index contributed by atoms with van der Waals surface area (Å²) in [5.74, 6) is 1.61. The lowest BCUT2D eigenvalue weighted by Crippen LogP contribution is -2.41. The molecule has 1 aromatic heterocycles. The van der Waals surface area contributed by atoms with Gasteiger partial charge in [-0.15, -0.1) is 13.2 Å². The van der Waals surface area contributed by atoms with Crippen LogP contribution in [0.1, 0.15) is 51.0 Å². The number of hydrogen-bond donors (Lipinski definition) is 1. The van der Waals surface area contributed by atoms with Gasteiger partial charge in [-0.05, 0) is 81.0 Å². The monoisotopic (exact) mass is 552 g/mol. The quantitative estimate of drug-likeness (QED) is 0.457. The Morgan fingerprint density at radius 3 is 2.42 bits per heavy atom. The summed E-state index contributed by atoms with van der Waals surface area (Å²) in [6.45, 7) is 2.32. The van der Waals surface area contributed by atoms with Gasteiger partial charge in [0.05, 0.1) is 24.5 Å². The molecule has 0 amide bonds. The van der Waals surface area contributed by atoms with Crippen molar-refractivity contribution in [3.8, 4) is 5.75 Å². The van der Waals surface area contributed by atoms with E-state index in [1.54, 1.807) is 18.3 Å². The molecule has 206 valence electrons. The van der Waals surface area contributed by atoms with Crippen LogP contribution in [0.4, 0.5) is 24.5 Å². The third kappa shape index (κ3) is 5.61. The van der Waals surface area contributed by atoms with E-state index in [-0.39, 0.29) is 28.4 Å². The van der Waals surface area contributed by atoms with Crippen molar-refractivity contribution in [2.45, 2.75) is 69.4 Å². The van der Waals surface area contributed by atoms with E-state index in [4.69, 9.17) is 16.3 Å². The molecule has 4 aliphatic rings. The molecule has 38 heavy (non-hydrogen) atoms. The number of anilines is 2. The van der Waals surface area contributed by atoms with Crippen molar-refractivity contribution in [3.05, 3.63) is 45.8 Å². The summed E-state index contributed by atoms with van der Waals surface area (Å²) in [6.07, 6.45) is 3.59. The molecule has 1 aromatic carbocycles. The Balaban J connectivity index is 1.08. The van der Waals surface area contributed by atoms with Crippen LogP contribution in [0.2, 0.25) is 5.02 Å². The van der Waals surface area contributed by atoms with Gasteiger partial charge in [0.2, 0.25) is 0 Å². The molecule has 4 fully saturated rings. The number of nitrogens with one attached hydrogen (secondary N) is 1. The molecule has 3 saturated carbocycles. The fourth-order valence-corrected chi connectivity index (χ4v) is 6.49. The fraction of sp³-hybridized carbons (Fsp3) is 0.630. The van der Waals surface area contributed by atoms with E-state index in [9.17, 15) is 18.0 Å². The second kappa shape index (κ2) is 10.3. The van der Waals surface area contributed by atoms with Crippen LogP contribution in [-0.4, -0.2) is 48.0 Å². The number of halogens is 4. The minimum Gasteiger partial charge on any atom is -0.406 e. The average molecular weight is 553 g/mol. The number of ether oxygens (including phenoxy) is 2. The number of benzene rings is 1. The number of alkyl halides is 3. The van der Waals surface area contributed by atoms with Gasteiger partial charge in [0, 0.05) is 36.8 Å². The molecular weight excluding hydrogens is 521 g/mol. The normalized spacial score (nSPS) is 28.9. The van der Waals surface area contributed by atoms with Gasteiger partial charge in [0.15, 0.2) is 0 Å². The Kier molecular flexibility index (Phi) is 6.97. The van der Waals surface area contributed by atoms with Crippen molar-refractivity contribution < 1.29 is 22.6 Å². The molecule has 2 heterocycles. The van der Waals surface area contributed by atoms with Gasteiger partial charge >= 0.3 is 6.36 Å². The standard InChI is InChI=1S/C27H32ClF3N4O3/c28-25-24(32-12-17-15-37-14-16-11-23(16)17)13-33-35(26(25)36)21-5-3-19(4-6-21)34(18-1-2-18)20-7-9-22(10-8-20)38-27(29,30)31/h7-10,13,16-19,21,23,32H,1-6,11-12,14-15H2/t16-,17+,19?,21?,23-/m0/s1. The summed E-state index contributed by atoms with van der Waals surface area (Å²) < 4.78 is 48.8. The highest BCUT2D eigenvalue weighted by Gasteiger charge is 2.46. The second-order valence-electron chi connectivity index (χ2n) is 11.1. The third-order valence-corrected chi connectivity index (χ3v) is 8.82. The predicted octanol–water partition coefficient (Wildman–Crippen LogP) is 5.64. The molecule has 1 saturated heterocycles. The average Bonchev–Trinajstić information content (AvgIpc) is 3.81. The molecule has 1 aliphatic heterocycles. The SMILES string of the molecule is O=c1c(Cl)c(NC[C@@H]2COC[C@@H]3C[C@H]23)cnn1C1CCC(N(c2ccc(OC(F)(F)F)cc2)C2CC2)CC1. The molecule has 0 unspecified atom stereocenters. The van der Waals surface area contributed by atoms with Crippen molar-refractivity contribution in [1.82, 2.24) is 9.78 Å². The largest absolute Gasteiger partial charge is 0.573 e. The highest BCUT2D eigenvalue weighted by atomic mass is 35.5. The first-order valence-electron chi connectivity index (χ1n) is 13.5. The van der Waals surface area contributed by atoms with E-state index < -0.39 is 6.36 Å². The molecule has 11 heteroatoms. The Bertz CT molecular complexity index is 1200. The van der Waals surface area contributed by atoms with Crippen molar-refractivity contribution in [1.29, 1.82) is 0 Å². The van der Waals surface area contributed by atoms with Crippen LogP contribution in [0.5, 0.6) is 5.75 Å². The van der Waals surface area contributed by atoms with Crippen molar-refractivity contribution >= 4 is 23.0 Å². The Morgan fingerprint density at radius 2 is 1.76 bits per heavy atom. The lowest BCUT2D eigenvalue weighted by Gasteiger charge is -2.39. The van der Waals surface area contributed by atoms with Crippen molar-refractivity contribution in [3.63, 3.8) is 0 Å². The number of aromatic nitrogens is 2. The van der Waals surface area contributed by atoms with E-state index in [0.717, 1.165) is 64.0 Å². The molecule has 0 bridgehead atoms. The first-order valence-corrected chi connectivity index (χ1v) is 13.9. The smallest absolute Gasteiger partial charge is 0.406 e. The zero-order valence-electron chi connectivity index (χ0n) is 21.0. The van der Waals surface area contributed by atoms with Crippen LogP contribution < -0.4 is 20.5 Å². The molecule has 1 N–H and O–H groups in total. The highest BCUT2D eigenvalue weighted by molar-refractivity contribution is 6.32. The molecule has 2 aromatic rings. The summed E-state index contributed by atoms with van der Waals surface area (Å²) in [4.78, 5) is 15.4. The first kappa shape index (κ1) is 25.8. The summed E-state index contributed by atoms with van der Waals surface area (Å²) in [6, 6.07) is 6.76. The van der Waals surface area contributed by atoms with Gasteiger partial charge < -0.3 is 19.7 Å². The van der Waals surface area contributed by atoms with Crippen LogP contribution in [-0.2, 0) is 4.74 Å². The van der Waals surface area contributed by atoms with Gasteiger partial charge in [0.25, 0.3) is 5.56 Å². The molecule has 3 aliphatic carbocycles. The minimum absolute atomic E-state index is 0.0344. The van der Waals surface area contributed by atoms with E-state index in [2.05, 4.69) is 20.1 Å². The number of fused-ring (bicyclic) bond motifs is 1. The first-order chi connectivity index (χ1) is 18.3. The molecule has 3 atom stereocenters. The van der Waals surface area contributed by atoms with Crippen molar-refractivity contribution in [2.24, 2.45) is 17.8 Å². The molecule has 0 radical (unpaired) electrons. The zero-order chi connectivity index (χ0) is 26.4. The predicted molar refractivity (Wildman–Crippen MR) is 138 cm³/mol. The lowest BCUT2D eigenvalue weighted by molar-refractivity contribution is -0.274. The van der Waals surface area contributed by atoms with E-state index in [1.165, 1.54) is 23.2 Å². The van der Waals surface area contributed by atoms with Crippen LogP contribution >= 0.6 is 11.6 Å². The fourth-order valence-electron chi connectivity index (χ4n) is 6.29. The van der Waals surface area contributed by atoms with E-state index >= 15 is 0 Å². The summed E-state index contributed by atoms with van der Waals surface area (Å²) in [7, 11) is 0. The van der Waals surface area contributed by atoms with Gasteiger partial charge in [-0.25, -0.2) is 4.68 Å². The lowest BCUT2D eigenvalue weighted by atomic mass is 9.89. The van der Waals surface area contributed by atoms with Crippen LogP contribution in [0.3, 0.4) is 0 Å². The number of nitrogens with zero attached hydrogens (tertiary/aromatic N) is 3. The van der Waals surface area contributed by atoms with Crippen LogP contribution in [0, 0.1) is 17.8 Å². The van der Waals surface area contributed by atoms with Crippen LogP contribution in [0.15, 0.2) is 35.3 Å². The minimum atomic E-state index is -4.70.